The zero-order chi connectivity index (χ0) is 12.1. The summed E-state index contributed by atoms with van der Waals surface area (Å²) in [5.74, 6) is 0.955. The summed E-state index contributed by atoms with van der Waals surface area (Å²) in [7, 11) is 2.02. The van der Waals surface area contributed by atoms with Crippen LogP contribution in [-0.4, -0.2) is 26.3 Å². The van der Waals surface area contributed by atoms with Crippen molar-refractivity contribution in [2.75, 3.05) is 20.3 Å². The molecule has 17 heavy (non-hydrogen) atoms. The number of rotatable bonds is 4. The Bertz CT molecular complexity index is 354. The van der Waals surface area contributed by atoms with E-state index in [2.05, 4.69) is 11.4 Å². The van der Waals surface area contributed by atoms with E-state index in [1.54, 1.807) is 0 Å². The molecule has 0 radical (unpaired) electrons. The van der Waals surface area contributed by atoms with Crippen molar-refractivity contribution >= 4 is 0 Å². The van der Waals surface area contributed by atoms with Crippen LogP contribution in [0.2, 0.25) is 0 Å². The molecule has 2 rings (SSSR count). The van der Waals surface area contributed by atoms with Crippen LogP contribution in [-0.2, 0) is 4.74 Å². The van der Waals surface area contributed by atoms with Crippen molar-refractivity contribution in [3.63, 3.8) is 0 Å². The minimum atomic E-state index is 0.156. The molecule has 1 aromatic rings. The predicted molar refractivity (Wildman–Crippen MR) is 68.4 cm³/mol. The minimum Gasteiger partial charge on any atom is -0.493 e. The number of hydrogen-bond donors (Lipinski definition) is 1. The van der Waals surface area contributed by atoms with Crippen molar-refractivity contribution in [3.05, 3.63) is 29.8 Å². The van der Waals surface area contributed by atoms with Crippen LogP contribution in [0.5, 0.6) is 5.75 Å². The van der Waals surface area contributed by atoms with Gasteiger partial charge in [-0.25, -0.2) is 0 Å². The monoisotopic (exact) mass is 235 g/mol. The smallest absolute Gasteiger partial charge is 0.125 e. The zero-order valence-corrected chi connectivity index (χ0v) is 10.6. The van der Waals surface area contributed by atoms with Crippen LogP contribution in [0.3, 0.4) is 0 Å². The zero-order valence-electron chi connectivity index (χ0n) is 10.6. The standard InChI is InChI=1S/C14H21NO2/c1-3-16-13-7-5-4-6-12(13)14-10-11(15-2)8-9-17-14/h4-7,11,14-15H,3,8-10H2,1-2H3. The molecule has 2 atom stereocenters. The summed E-state index contributed by atoms with van der Waals surface area (Å²) < 4.78 is 11.5. The number of nitrogens with one attached hydrogen (secondary N) is 1. The van der Waals surface area contributed by atoms with E-state index in [-0.39, 0.29) is 6.10 Å². The molecule has 1 aromatic carbocycles. The second kappa shape index (κ2) is 6.03. The summed E-state index contributed by atoms with van der Waals surface area (Å²) in [6.45, 7) is 3.52. The van der Waals surface area contributed by atoms with Gasteiger partial charge in [-0.05, 0) is 32.9 Å². The summed E-state index contributed by atoms with van der Waals surface area (Å²) in [6, 6.07) is 8.72. The SMILES string of the molecule is CCOc1ccccc1C1CC(NC)CCO1. The van der Waals surface area contributed by atoms with Crippen molar-refractivity contribution in [1.29, 1.82) is 0 Å². The van der Waals surface area contributed by atoms with Crippen LogP contribution in [0.15, 0.2) is 24.3 Å². The van der Waals surface area contributed by atoms with E-state index in [0.717, 1.165) is 25.2 Å². The molecule has 0 aliphatic carbocycles. The molecular formula is C14H21NO2. The van der Waals surface area contributed by atoms with E-state index in [9.17, 15) is 0 Å². The van der Waals surface area contributed by atoms with Crippen molar-refractivity contribution < 1.29 is 9.47 Å². The number of benzene rings is 1. The minimum absolute atomic E-state index is 0.156. The molecule has 94 valence electrons. The van der Waals surface area contributed by atoms with Crippen LogP contribution in [0.25, 0.3) is 0 Å². The van der Waals surface area contributed by atoms with E-state index in [4.69, 9.17) is 9.47 Å². The Morgan fingerprint density at radius 2 is 2.24 bits per heavy atom. The topological polar surface area (TPSA) is 30.5 Å². The normalized spacial score (nSPS) is 24.6. The molecule has 0 spiro atoms. The van der Waals surface area contributed by atoms with Gasteiger partial charge in [0.25, 0.3) is 0 Å². The first kappa shape index (κ1) is 12.4. The first-order valence-corrected chi connectivity index (χ1v) is 6.35. The number of hydrogen-bond acceptors (Lipinski definition) is 3. The molecule has 1 fully saturated rings. The molecule has 2 unspecified atom stereocenters. The first-order chi connectivity index (χ1) is 8.35. The van der Waals surface area contributed by atoms with E-state index in [1.165, 1.54) is 5.56 Å². The van der Waals surface area contributed by atoms with E-state index < -0.39 is 0 Å². The van der Waals surface area contributed by atoms with Crippen LogP contribution >= 0.6 is 0 Å². The highest BCUT2D eigenvalue weighted by Crippen LogP contribution is 2.33. The van der Waals surface area contributed by atoms with Crippen LogP contribution in [0, 0.1) is 0 Å². The Kier molecular flexibility index (Phi) is 4.40. The third-order valence-electron chi connectivity index (χ3n) is 3.26. The van der Waals surface area contributed by atoms with Gasteiger partial charge in [0.15, 0.2) is 0 Å². The molecule has 0 amide bonds. The lowest BCUT2D eigenvalue weighted by molar-refractivity contribution is 0.0000971. The van der Waals surface area contributed by atoms with E-state index >= 15 is 0 Å². The molecule has 0 aromatic heterocycles. The Balaban J connectivity index is 2.15. The highest BCUT2D eigenvalue weighted by Gasteiger charge is 2.24. The molecule has 3 nitrogen and oxygen atoms in total. The number of ether oxygens (including phenoxy) is 2. The molecular weight excluding hydrogens is 214 g/mol. The van der Waals surface area contributed by atoms with Crippen LogP contribution in [0.4, 0.5) is 0 Å². The maximum Gasteiger partial charge on any atom is 0.125 e. The van der Waals surface area contributed by atoms with Crippen molar-refractivity contribution in [1.82, 2.24) is 5.32 Å². The van der Waals surface area contributed by atoms with Gasteiger partial charge < -0.3 is 14.8 Å². The quantitative estimate of drug-likeness (QED) is 0.870. The summed E-state index contributed by atoms with van der Waals surface area (Å²) in [6.07, 6.45) is 2.26. The van der Waals surface area contributed by atoms with Crippen LogP contribution in [0.1, 0.15) is 31.4 Å². The van der Waals surface area contributed by atoms with Gasteiger partial charge in [0.2, 0.25) is 0 Å². The molecule has 1 N–H and O–H groups in total. The summed E-state index contributed by atoms with van der Waals surface area (Å²) in [5.41, 5.74) is 1.18. The lowest BCUT2D eigenvalue weighted by atomic mass is 9.97. The molecule has 0 bridgehead atoms. The lowest BCUT2D eigenvalue weighted by Crippen LogP contribution is -2.33. The molecule has 1 aliphatic rings. The first-order valence-electron chi connectivity index (χ1n) is 6.35. The Morgan fingerprint density at radius 1 is 1.41 bits per heavy atom. The predicted octanol–water partition coefficient (Wildman–Crippen LogP) is 2.52. The van der Waals surface area contributed by atoms with Crippen LogP contribution < -0.4 is 10.1 Å². The Morgan fingerprint density at radius 3 is 3.00 bits per heavy atom. The molecule has 1 saturated heterocycles. The summed E-state index contributed by atoms with van der Waals surface area (Å²) in [4.78, 5) is 0. The van der Waals surface area contributed by atoms with Gasteiger partial charge in [-0.1, -0.05) is 18.2 Å². The maximum atomic E-state index is 5.86. The average molecular weight is 235 g/mol. The van der Waals surface area contributed by atoms with Gasteiger partial charge in [0.05, 0.1) is 12.7 Å². The Hall–Kier alpha value is -1.06. The van der Waals surface area contributed by atoms with Crippen molar-refractivity contribution in [2.45, 2.75) is 31.9 Å². The highest BCUT2D eigenvalue weighted by molar-refractivity contribution is 5.35. The van der Waals surface area contributed by atoms with Gasteiger partial charge in [-0.15, -0.1) is 0 Å². The van der Waals surface area contributed by atoms with Gasteiger partial charge in [-0.2, -0.15) is 0 Å². The second-order valence-electron chi connectivity index (χ2n) is 4.34. The van der Waals surface area contributed by atoms with Gasteiger partial charge in [0.1, 0.15) is 5.75 Å². The van der Waals surface area contributed by atoms with Gasteiger partial charge >= 0.3 is 0 Å². The molecule has 1 aliphatic heterocycles. The summed E-state index contributed by atoms with van der Waals surface area (Å²) >= 11 is 0. The Labute approximate surface area is 103 Å². The fraction of sp³-hybridized carbons (Fsp3) is 0.571. The molecule has 1 heterocycles. The maximum absolute atomic E-state index is 5.86. The fourth-order valence-corrected chi connectivity index (χ4v) is 2.31. The van der Waals surface area contributed by atoms with Crippen molar-refractivity contribution in [3.8, 4) is 5.75 Å². The van der Waals surface area contributed by atoms with Gasteiger partial charge in [-0.3, -0.25) is 0 Å². The lowest BCUT2D eigenvalue weighted by Gasteiger charge is -2.30. The third kappa shape index (κ3) is 2.99. The fourth-order valence-electron chi connectivity index (χ4n) is 2.31. The molecule has 0 saturated carbocycles. The van der Waals surface area contributed by atoms with Crippen molar-refractivity contribution in [2.24, 2.45) is 0 Å². The number of para-hydroxylation sites is 1. The summed E-state index contributed by atoms with van der Waals surface area (Å²) in [5, 5.41) is 3.33. The van der Waals surface area contributed by atoms with E-state index in [1.807, 2.05) is 32.2 Å². The largest absolute Gasteiger partial charge is 0.493 e. The van der Waals surface area contributed by atoms with E-state index in [0.29, 0.717) is 12.6 Å². The second-order valence-corrected chi connectivity index (χ2v) is 4.34. The van der Waals surface area contributed by atoms with Gasteiger partial charge in [0, 0.05) is 18.2 Å². The molecule has 3 heteroatoms. The highest BCUT2D eigenvalue weighted by atomic mass is 16.5. The third-order valence-corrected chi connectivity index (χ3v) is 3.26. The average Bonchev–Trinajstić information content (AvgIpc) is 2.40.